The lowest BCUT2D eigenvalue weighted by molar-refractivity contribution is 0.227. The largest absolute Gasteiger partial charge is 0.308 e. The maximum Gasteiger partial charge on any atom is 0.152 e. The minimum Gasteiger partial charge on any atom is -0.308 e. The summed E-state index contributed by atoms with van der Waals surface area (Å²) >= 11 is 3.39. The molecule has 0 spiro atoms. The molecule has 4 nitrogen and oxygen atoms in total. The van der Waals surface area contributed by atoms with Crippen LogP contribution in [0.2, 0.25) is 0 Å². The molecule has 0 bridgehead atoms. The van der Waals surface area contributed by atoms with Crippen molar-refractivity contribution >= 4 is 15.9 Å². The van der Waals surface area contributed by atoms with E-state index in [1.54, 1.807) is 4.68 Å². The van der Waals surface area contributed by atoms with Crippen molar-refractivity contribution in [3.63, 3.8) is 0 Å². The van der Waals surface area contributed by atoms with Crippen LogP contribution >= 0.6 is 15.9 Å². The zero-order chi connectivity index (χ0) is 10.1. The molecule has 14 heavy (non-hydrogen) atoms. The molecule has 1 heterocycles. The van der Waals surface area contributed by atoms with Gasteiger partial charge in [0.1, 0.15) is 0 Å². The number of hydrogen-bond donors (Lipinski definition) is 1. The van der Waals surface area contributed by atoms with Gasteiger partial charge in [0.05, 0.1) is 5.69 Å². The van der Waals surface area contributed by atoms with Gasteiger partial charge in [-0.3, -0.25) is 0 Å². The molecule has 0 amide bonds. The van der Waals surface area contributed by atoms with Crippen molar-refractivity contribution in [1.82, 2.24) is 20.3 Å². The number of hydrogen-bond acceptors (Lipinski definition) is 3. The second-order valence-corrected chi connectivity index (χ2v) is 4.74. The van der Waals surface area contributed by atoms with E-state index in [2.05, 4.69) is 38.5 Å². The lowest BCUT2D eigenvalue weighted by Crippen LogP contribution is -2.42. The molecule has 78 valence electrons. The summed E-state index contributed by atoms with van der Waals surface area (Å²) < 4.78 is 2.65. The molecule has 0 saturated heterocycles. The highest BCUT2D eigenvalue weighted by Crippen LogP contribution is 2.26. The molecule has 1 fully saturated rings. The maximum absolute atomic E-state index is 3.95. The first-order valence-electron chi connectivity index (χ1n) is 4.96. The van der Waals surface area contributed by atoms with Crippen molar-refractivity contribution in [2.75, 3.05) is 0 Å². The number of aromatic nitrogens is 3. The molecule has 0 aliphatic heterocycles. The van der Waals surface area contributed by atoms with Crippen LogP contribution in [0, 0.1) is 5.92 Å². The first-order valence-corrected chi connectivity index (χ1v) is 5.75. The van der Waals surface area contributed by atoms with Crippen LogP contribution in [0.15, 0.2) is 4.60 Å². The van der Waals surface area contributed by atoms with Crippen LogP contribution in [0.3, 0.4) is 0 Å². The number of rotatable bonds is 3. The summed E-state index contributed by atoms with van der Waals surface area (Å²) in [6.45, 7) is 3.14. The average Bonchev–Trinajstić information content (AvgIpc) is 2.46. The van der Waals surface area contributed by atoms with Gasteiger partial charge in [0.2, 0.25) is 0 Å². The zero-order valence-electron chi connectivity index (χ0n) is 8.50. The van der Waals surface area contributed by atoms with E-state index in [9.17, 15) is 0 Å². The molecule has 1 aliphatic carbocycles. The van der Waals surface area contributed by atoms with Crippen molar-refractivity contribution < 1.29 is 0 Å². The summed E-state index contributed by atoms with van der Waals surface area (Å²) in [6.07, 6.45) is 2.65. The van der Waals surface area contributed by atoms with Gasteiger partial charge < -0.3 is 5.32 Å². The van der Waals surface area contributed by atoms with E-state index >= 15 is 0 Å². The van der Waals surface area contributed by atoms with Crippen molar-refractivity contribution in [3.05, 3.63) is 10.3 Å². The summed E-state index contributed by atoms with van der Waals surface area (Å²) in [7, 11) is 1.92. The van der Waals surface area contributed by atoms with E-state index in [0.717, 1.165) is 22.8 Å². The van der Waals surface area contributed by atoms with Gasteiger partial charge in [-0.15, -0.1) is 5.10 Å². The van der Waals surface area contributed by atoms with Crippen LogP contribution in [0.1, 0.15) is 25.5 Å². The van der Waals surface area contributed by atoms with E-state index < -0.39 is 0 Å². The topological polar surface area (TPSA) is 42.7 Å². The molecule has 2 atom stereocenters. The van der Waals surface area contributed by atoms with Gasteiger partial charge in [0.15, 0.2) is 4.60 Å². The van der Waals surface area contributed by atoms with Gasteiger partial charge in [-0.05, 0) is 34.7 Å². The van der Waals surface area contributed by atoms with Gasteiger partial charge in [-0.2, -0.15) is 0 Å². The minimum atomic E-state index is 0.678. The summed E-state index contributed by atoms with van der Waals surface area (Å²) in [6, 6.07) is 0.678. The Bertz CT molecular complexity index is 303. The van der Waals surface area contributed by atoms with Gasteiger partial charge in [0.25, 0.3) is 0 Å². The molecule has 2 rings (SSSR count). The van der Waals surface area contributed by atoms with Crippen molar-refractivity contribution in [3.8, 4) is 0 Å². The molecule has 0 aromatic carbocycles. The third kappa shape index (κ3) is 1.83. The van der Waals surface area contributed by atoms with E-state index in [-0.39, 0.29) is 0 Å². The second kappa shape index (κ2) is 3.98. The molecular weight excluding hydrogens is 244 g/mol. The van der Waals surface area contributed by atoms with E-state index in [1.165, 1.54) is 12.8 Å². The number of aryl methyl sites for hydroxylation is 1. The first-order chi connectivity index (χ1) is 6.68. The maximum atomic E-state index is 3.95. The third-order valence-corrected chi connectivity index (χ3v) is 3.66. The number of nitrogens with zero attached hydrogens (tertiary/aromatic N) is 3. The van der Waals surface area contributed by atoms with Crippen LogP contribution in [-0.4, -0.2) is 21.0 Å². The quantitative estimate of drug-likeness (QED) is 0.893. The highest BCUT2D eigenvalue weighted by molar-refractivity contribution is 9.10. The Hall–Kier alpha value is -0.420. The summed E-state index contributed by atoms with van der Waals surface area (Å²) in [5, 5.41) is 11.4. The zero-order valence-corrected chi connectivity index (χ0v) is 10.1. The van der Waals surface area contributed by atoms with Crippen molar-refractivity contribution in [2.45, 2.75) is 32.4 Å². The molecule has 5 heteroatoms. The Labute approximate surface area is 92.2 Å². The van der Waals surface area contributed by atoms with Crippen molar-refractivity contribution in [2.24, 2.45) is 13.0 Å². The Kier molecular flexibility index (Phi) is 2.88. The van der Waals surface area contributed by atoms with Crippen molar-refractivity contribution in [1.29, 1.82) is 0 Å². The molecule has 1 N–H and O–H groups in total. The predicted molar refractivity (Wildman–Crippen MR) is 57.7 cm³/mol. The SMILES string of the molecule is CC1CCC1NCc1c(Br)nnn1C. The Balaban J connectivity index is 1.91. The smallest absolute Gasteiger partial charge is 0.152 e. The van der Waals surface area contributed by atoms with E-state index in [4.69, 9.17) is 0 Å². The third-order valence-electron chi connectivity index (χ3n) is 3.05. The normalized spacial score (nSPS) is 26.2. The van der Waals surface area contributed by atoms with Gasteiger partial charge in [0, 0.05) is 19.6 Å². The molecule has 0 radical (unpaired) electrons. The highest BCUT2D eigenvalue weighted by Gasteiger charge is 2.26. The fourth-order valence-corrected chi connectivity index (χ4v) is 2.20. The molecule has 1 aromatic heterocycles. The monoisotopic (exact) mass is 258 g/mol. The summed E-state index contributed by atoms with van der Waals surface area (Å²) in [4.78, 5) is 0. The number of halogens is 1. The van der Waals surface area contributed by atoms with Crippen LogP contribution in [0.4, 0.5) is 0 Å². The van der Waals surface area contributed by atoms with Crippen LogP contribution in [0.5, 0.6) is 0 Å². The average molecular weight is 259 g/mol. The second-order valence-electron chi connectivity index (χ2n) is 3.99. The van der Waals surface area contributed by atoms with Crippen LogP contribution in [0.25, 0.3) is 0 Å². The summed E-state index contributed by atoms with van der Waals surface area (Å²) in [5.74, 6) is 0.815. The molecule has 1 aliphatic rings. The minimum absolute atomic E-state index is 0.678. The van der Waals surface area contributed by atoms with Crippen LogP contribution < -0.4 is 5.32 Å². The van der Waals surface area contributed by atoms with Crippen LogP contribution in [-0.2, 0) is 13.6 Å². The lowest BCUT2D eigenvalue weighted by Gasteiger charge is -2.34. The van der Waals surface area contributed by atoms with Gasteiger partial charge in [-0.1, -0.05) is 12.1 Å². The predicted octanol–water partition coefficient (Wildman–Crippen LogP) is 1.47. The fraction of sp³-hybridized carbons (Fsp3) is 0.778. The first kappa shape index (κ1) is 10.1. The van der Waals surface area contributed by atoms with Gasteiger partial charge >= 0.3 is 0 Å². The van der Waals surface area contributed by atoms with E-state index in [0.29, 0.717) is 6.04 Å². The molecule has 1 saturated carbocycles. The van der Waals surface area contributed by atoms with E-state index in [1.807, 2.05) is 7.05 Å². The molecular formula is C9H15BrN4. The highest BCUT2D eigenvalue weighted by atomic mass is 79.9. The summed E-state index contributed by atoms with van der Waals surface area (Å²) in [5.41, 5.74) is 1.11. The standard InChI is InChI=1S/C9H15BrN4/c1-6-3-4-7(6)11-5-8-9(10)12-13-14(8)2/h6-7,11H,3-5H2,1-2H3. The van der Waals surface area contributed by atoms with Gasteiger partial charge in [-0.25, -0.2) is 4.68 Å². The fourth-order valence-electron chi connectivity index (χ4n) is 1.74. The Morgan fingerprint density at radius 3 is 2.79 bits per heavy atom. The Morgan fingerprint density at radius 1 is 1.57 bits per heavy atom. The molecule has 1 aromatic rings. The molecule has 2 unspecified atom stereocenters. The Morgan fingerprint density at radius 2 is 2.36 bits per heavy atom. The lowest BCUT2D eigenvalue weighted by atomic mass is 9.81. The number of nitrogens with one attached hydrogen (secondary N) is 1.